The molecule has 0 aliphatic carbocycles. The third-order valence-electron chi connectivity index (χ3n) is 22.4. The Kier molecular flexibility index (Phi) is 17.1. The number of hydrogen-bond donors (Lipinski definition) is 0. The molecule has 0 saturated carbocycles. The minimum Gasteiger partial charge on any atom is -0.455 e. The van der Waals surface area contributed by atoms with E-state index in [0.717, 1.165) is 78.2 Å². The quantitative estimate of drug-likeness (QED) is 0.122. The number of rotatable bonds is 12. The van der Waals surface area contributed by atoms with E-state index in [-0.39, 0.29) is 0 Å². The molecule has 5 nitrogen and oxygen atoms in total. The first-order valence-electron chi connectivity index (χ1n) is 38.8. The molecule has 4 aromatic heterocycles. The Labute approximate surface area is 664 Å². The van der Waals surface area contributed by atoms with Crippen molar-refractivity contribution in [1.82, 2.24) is 8.80 Å². The van der Waals surface area contributed by atoms with Crippen LogP contribution in [0.4, 0.5) is 34.1 Å². The van der Waals surface area contributed by atoms with Crippen LogP contribution in [0.25, 0.3) is 164 Å². The molecule has 22 rings (SSSR count). The first-order valence-corrected chi connectivity index (χ1v) is 39.7. The summed E-state index contributed by atoms with van der Waals surface area (Å²) in [5.74, 6) is 0. The second-order valence-corrected chi connectivity index (χ2v) is 30.2. The molecule has 4 heterocycles. The molecule has 0 atom stereocenters. The number of para-hydroxylation sites is 6. The Morgan fingerprint density at radius 3 is 0.816 bits per heavy atom. The van der Waals surface area contributed by atoms with Crippen LogP contribution in [0.5, 0.6) is 0 Å². The van der Waals surface area contributed by atoms with Gasteiger partial charge in [-0.05, 0) is 212 Å². The summed E-state index contributed by atoms with van der Waals surface area (Å²) in [7, 11) is 0. The maximum absolute atomic E-state index is 6.70. The predicted molar refractivity (Wildman–Crippen MR) is 485 cm³/mol. The molecule has 22 aromatic rings. The number of fused-ring (bicyclic) bond motifs is 14. The highest BCUT2D eigenvalue weighted by Gasteiger charge is 2.22. The average Bonchev–Trinajstić information content (AvgIpc) is 1.34. The molecule has 536 valence electrons. The van der Waals surface area contributed by atoms with Gasteiger partial charge in [-0.3, -0.25) is 0 Å². The zero-order valence-corrected chi connectivity index (χ0v) is 63.0. The van der Waals surface area contributed by atoms with E-state index in [9.17, 15) is 0 Å². The third-order valence-corrected chi connectivity index (χ3v) is 23.5. The number of aromatic nitrogens is 2. The van der Waals surface area contributed by atoms with Crippen molar-refractivity contribution < 1.29 is 4.42 Å². The second kappa shape index (κ2) is 28.9. The highest BCUT2D eigenvalue weighted by Crippen LogP contribution is 2.46. The van der Waals surface area contributed by atoms with Crippen molar-refractivity contribution in [2.24, 2.45) is 0 Å². The van der Waals surface area contributed by atoms with E-state index >= 15 is 0 Å². The lowest BCUT2D eigenvalue weighted by Gasteiger charge is -2.26. The van der Waals surface area contributed by atoms with Gasteiger partial charge >= 0.3 is 0 Å². The van der Waals surface area contributed by atoms with E-state index in [0.29, 0.717) is 0 Å². The van der Waals surface area contributed by atoms with Gasteiger partial charge in [0.05, 0.1) is 37.8 Å². The molecule has 114 heavy (non-hydrogen) atoms. The minimum atomic E-state index is 0.840. The van der Waals surface area contributed by atoms with Crippen LogP contribution >= 0.6 is 11.3 Å². The zero-order valence-electron chi connectivity index (χ0n) is 62.2. The Morgan fingerprint density at radius 1 is 0.175 bits per heavy atom. The first-order chi connectivity index (χ1) is 56.5. The lowest BCUT2D eigenvalue weighted by molar-refractivity contribution is 0.661. The highest BCUT2D eigenvalue weighted by atomic mass is 32.1. The van der Waals surface area contributed by atoms with E-state index in [1.165, 1.54) is 119 Å². The summed E-state index contributed by atoms with van der Waals surface area (Å²) in [5, 5.41) is 9.67. The van der Waals surface area contributed by atoms with Gasteiger partial charge < -0.3 is 23.0 Å². The SMILES string of the molecule is c1ccc(-c2ccc(N(c3ccc(-c4ccccc4)cc3)c3ccc(-c4cc5c6ccccc6oc6ccccc6n6c7ccccc7c(c4)c56)cc3)cc2)cc1.c1ccc(-c2ccc(N(c3ccc(-c4ccccc4)cc3)c3ccc(-c4cc5c6ccccc6sc6ccccc6n6c7ccccc7c(c4)c56)cc3)cc2)cc1. The molecule has 0 amide bonds. The third kappa shape index (κ3) is 12.2. The fraction of sp³-hybridized carbons (Fsp3) is 0. The van der Waals surface area contributed by atoms with Gasteiger partial charge in [0.1, 0.15) is 5.58 Å². The van der Waals surface area contributed by atoms with Crippen molar-refractivity contribution in [2.75, 3.05) is 9.80 Å². The molecule has 0 unspecified atom stereocenters. The summed E-state index contributed by atoms with van der Waals surface area (Å²) >= 11 is 1.85. The van der Waals surface area contributed by atoms with Crippen LogP contribution in [0, 0.1) is 0 Å². The first kappa shape index (κ1) is 67.3. The van der Waals surface area contributed by atoms with Gasteiger partial charge in [0.25, 0.3) is 0 Å². The molecular formula is C108H72N4OS. The van der Waals surface area contributed by atoms with Crippen molar-refractivity contribution in [1.29, 1.82) is 0 Å². The Hall–Kier alpha value is -14.8. The molecule has 6 heteroatoms. The van der Waals surface area contributed by atoms with Crippen LogP contribution in [0.15, 0.2) is 441 Å². The predicted octanol–water partition coefficient (Wildman–Crippen LogP) is 30.8. The van der Waals surface area contributed by atoms with E-state index < -0.39 is 0 Å². The number of anilines is 6. The molecule has 18 aromatic carbocycles. The molecule has 0 radical (unpaired) electrons. The van der Waals surface area contributed by atoms with Crippen LogP contribution in [-0.2, 0) is 0 Å². The maximum Gasteiger partial charge on any atom is 0.151 e. The molecule has 0 N–H and O–H groups in total. The van der Waals surface area contributed by atoms with Crippen molar-refractivity contribution in [3.63, 3.8) is 0 Å². The molecular weight excluding hydrogens is 1400 g/mol. The fourth-order valence-electron chi connectivity index (χ4n) is 16.9. The van der Waals surface area contributed by atoms with Crippen molar-refractivity contribution in [3.05, 3.63) is 437 Å². The van der Waals surface area contributed by atoms with Gasteiger partial charge in [-0.15, -0.1) is 11.3 Å². The lowest BCUT2D eigenvalue weighted by Crippen LogP contribution is -2.09. The van der Waals surface area contributed by atoms with Gasteiger partial charge in [-0.2, -0.15) is 0 Å². The summed E-state index contributed by atoms with van der Waals surface area (Å²) in [4.78, 5) is 4.69. The summed E-state index contributed by atoms with van der Waals surface area (Å²) in [5.41, 5.74) is 29.6. The fourth-order valence-corrected chi connectivity index (χ4v) is 18.0. The average molecular weight is 1470 g/mol. The number of benzene rings is 18. The van der Waals surface area contributed by atoms with E-state index in [1.807, 2.05) is 17.4 Å². The van der Waals surface area contributed by atoms with Crippen molar-refractivity contribution >= 4 is 142 Å². The molecule has 0 aliphatic heterocycles. The summed E-state index contributed by atoms with van der Waals surface area (Å²) < 4.78 is 14.1. The Morgan fingerprint density at radius 2 is 0.430 bits per heavy atom. The zero-order chi connectivity index (χ0) is 75.4. The van der Waals surface area contributed by atoms with Crippen LogP contribution in [0.3, 0.4) is 0 Å². The van der Waals surface area contributed by atoms with Crippen LogP contribution < -0.4 is 9.80 Å². The molecule has 0 saturated heterocycles. The standard InChI is InChI=1S/C54H36N2O.C54H36N2S/c2*1-3-13-37(14-4-1)39-23-29-43(30-24-39)55(44-31-25-40(26-32-44)38-15-5-2-6-16-38)45-33-27-41(28-34-45)42-35-48-46-17-7-9-19-50(46)56-51-20-10-12-22-53(51)57-52-21-11-8-18-47(52)49(36-42)54(48)56/h2*1-36H. The monoisotopic (exact) mass is 1470 g/mol. The number of hydrogen-bond acceptors (Lipinski definition) is 4. The van der Waals surface area contributed by atoms with Crippen LogP contribution in [-0.4, -0.2) is 8.80 Å². The van der Waals surface area contributed by atoms with Gasteiger partial charge in [-0.25, -0.2) is 0 Å². The van der Waals surface area contributed by atoms with Gasteiger partial charge in [0, 0.05) is 81.9 Å². The Balaban J connectivity index is 0.000000143. The largest absolute Gasteiger partial charge is 0.455 e. The van der Waals surface area contributed by atoms with Gasteiger partial charge in [0.2, 0.25) is 0 Å². The summed E-state index contributed by atoms with van der Waals surface area (Å²) in [6.45, 7) is 0. The van der Waals surface area contributed by atoms with E-state index in [2.05, 4.69) is 449 Å². The lowest BCUT2D eigenvalue weighted by atomic mass is 9.98. The molecule has 0 spiro atoms. The molecule has 0 bridgehead atoms. The summed E-state index contributed by atoms with van der Waals surface area (Å²) in [6, 6.07) is 157. The summed E-state index contributed by atoms with van der Waals surface area (Å²) in [6.07, 6.45) is 0. The van der Waals surface area contributed by atoms with Gasteiger partial charge in [0.15, 0.2) is 5.58 Å². The maximum atomic E-state index is 6.70. The highest BCUT2D eigenvalue weighted by molar-refractivity contribution is 7.24. The second-order valence-electron chi connectivity index (χ2n) is 29.1. The molecule has 0 aliphatic rings. The topological polar surface area (TPSA) is 28.4 Å². The number of nitrogens with zero attached hydrogens (tertiary/aromatic N) is 4. The van der Waals surface area contributed by atoms with Gasteiger partial charge in [-0.1, -0.05) is 291 Å². The Bertz CT molecular complexity index is 6790. The minimum absolute atomic E-state index is 0.840. The molecule has 0 fully saturated rings. The van der Waals surface area contributed by atoms with Crippen LogP contribution in [0.1, 0.15) is 0 Å². The smallest absolute Gasteiger partial charge is 0.151 e. The van der Waals surface area contributed by atoms with Crippen molar-refractivity contribution in [2.45, 2.75) is 0 Å². The van der Waals surface area contributed by atoms with Crippen LogP contribution in [0.2, 0.25) is 0 Å². The normalized spacial score (nSPS) is 11.5. The van der Waals surface area contributed by atoms with E-state index in [4.69, 9.17) is 4.42 Å². The van der Waals surface area contributed by atoms with E-state index in [1.54, 1.807) is 0 Å². The van der Waals surface area contributed by atoms with Crippen molar-refractivity contribution in [3.8, 4) is 66.8 Å².